The minimum atomic E-state index is 0.0601. The van der Waals surface area contributed by atoms with Crippen molar-refractivity contribution in [2.45, 2.75) is 26.9 Å². The molecule has 0 saturated carbocycles. The molecular weight excluding hydrogens is 426 g/mol. The van der Waals surface area contributed by atoms with Crippen LogP contribution in [0.4, 0.5) is 4.79 Å². The number of aryl methyl sites for hydroxylation is 3. The first kappa shape index (κ1) is 21.9. The van der Waals surface area contributed by atoms with Crippen molar-refractivity contribution in [3.05, 3.63) is 65.4 Å². The Kier molecular flexibility index (Phi) is 5.65. The predicted octanol–water partition coefficient (Wildman–Crippen LogP) is 4.20. The SMILES string of the molecule is CCn1c(/C=C/c2ccc(CN3CCN(C)C3=O)nc2)nc2c(-c3c(C)cnn3C)cccc21. The van der Waals surface area contributed by atoms with Crippen LogP contribution in [0.5, 0.6) is 0 Å². The van der Waals surface area contributed by atoms with Gasteiger partial charge in [-0.25, -0.2) is 9.78 Å². The van der Waals surface area contributed by atoms with E-state index in [1.165, 1.54) is 0 Å². The van der Waals surface area contributed by atoms with Crippen LogP contribution < -0.4 is 0 Å². The Balaban J connectivity index is 1.42. The van der Waals surface area contributed by atoms with Gasteiger partial charge in [0.1, 0.15) is 5.82 Å². The predicted molar refractivity (Wildman–Crippen MR) is 134 cm³/mol. The summed E-state index contributed by atoms with van der Waals surface area (Å²) in [5.74, 6) is 0.902. The Hall–Kier alpha value is -3.94. The van der Waals surface area contributed by atoms with Crippen molar-refractivity contribution in [3.8, 4) is 11.3 Å². The molecule has 0 N–H and O–H groups in total. The third-order valence-electron chi connectivity index (χ3n) is 6.43. The highest BCUT2D eigenvalue weighted by Gasteiger charge is 2.25. The molecule has 174 valence electrons. The highest BCUT2D eigenvalue weighted by Crippen LogP contribution is 2.31. The number of carbonyl (C=O) groups excluding carboxylic acids is 1. The summed E-state index contributed by atoms with van der Waals surface area (Å²) in [6.45, 7) is 7.07. The second-order valence-corrected chi connectivity index (χ2v) is 8.73. The van der Waals surface area contributed by atoms with Crippen molar-refractivity contribution in [2.24, 2.45) is 7.05 Å². The average Bonchev–Trinajstić information content (AvgIpc) is 3.48. The van der Waals surface area contributed by atoms with Gasteiger partial charge in [0.15, 0.2) is 0 Å². The third kappa shape index (κ3) is 3.85. The topological polar surface area (TPSA) is 72.1 Å². The molecule has 1 fully saturated rings. The molecule has 8 heteroatoms. The number of nitrogens with zero attached hydrogens (tertiary/aromatic N) is 7. The molecule has 1 aliphatic rings. The number of urea groups is 1. The van der Waals surface area contributed by atoms with E-state index in [0.29, 0.717) is 6.54 Å². The molecular formula is C26H29N7O. The van der Waals surface area contributed by atoms with E-state index in [4.69, 9.17) is 4.98 Å². The van der Waals surface area contributed by atoms with E-state index >= 15 is 0 Å². The Morgan fingerprint density at radius 1 is 1.06 bits per heavy atom. The summed E-state index contributed by atoms with van der Waals surface area (Å²) in [5.41, 5.74) is 7.27. The number of imidazole rings is 1. The van der Waals surface area contributed by atoms with Gasteiger partial charge >= 0.3 is 6.03 Å². The summed E-state index contributed by atoms with van der Waals surface area (Å²) in [7, 11) is 3.79. The minimum Gasteiger partial charge on any atom is -0.326 e. The number of amides is 2. The maximum absolute atomic E-state index is 12.1. The molecule has 8 nitrogen and oxygen atoms in total. The van der Waals surface area contributed by atoms with Crippen LogP contribution in [0.2, 0.25) is 0 Å². The van der Waals surface area contributed by atoms with E-state index in [9.17, 15) is 4.79 Å². The van der Waals surface area contributed by atoms with E-state index in [2.05, 4.69) is 46.7 Å². The summed E-state index contributed by atoms with van der Waals surface area (Å²) >= 11 is 0. The number of para-hydroxylation sites is 1. The van der Waals surface area contributed by atoms with Gasteiger partial charge in [-0.2, -0.15) is 5.10 Å². The molecule has 4 aromatic rings. The van der Waals surface area contributed by atoms with Crippen LogP contribution in [-0.2, 0) is 20.1 Å². The highest BCUT2D eigenvalue weighted by atomic mass is 16.2. The summed E-state index contributed by atoms with van der Waals surface area (Å²) in [4.78, 5) is 25.2. The van der Waals surface area contributed by atoms with Crippen LogP contribution in [0, 0.1) is 6.92 Å². The van der Waals surface area contributed by atoms with Crippen molar-refractivity contribution in [2.75, 3.05) is 20.1 Å². The van der Waals surface area contributed by atoms with Crippen LogP contribution in [0.3, 0.4) is 0 Å². The first-order valence-electron chi connectivity index (χ1n) is 11.6. The van der Waals surface area contributed by atoms with Gasteiger partial charge in [-0.15, -0.1) is 0 Å². The lowest BCUT2D eigenvalue weighted by atomic mass is 10.1. The number of aromatic nitrogens is 5. The number of hydrogen-bond donors (Lipinski definition) is 0. The van der Waals surface area contributed by atoms with Crippen molar-refractivity contribution >= 4 is 29.2 Å². The molecule has 0 atom stereocenters. The molecule has 4 heterocycles. The van der Waals surface area contributed by atoms with Gasteiger partial charge in [0.05, 0.1) is 35.2 Å². The number of rotatable bonds is 6. The quantitative estimate of drug-likeness (QED) is 0.437. The van der Waals surface area contributed by atoms with Gasteiger partial charge in [0, 0.05) is 45.5 Å². The zero-order chi connectivity index (χ0) is 23.8. The van der Waals surface area contributed by atoms with Crippen molar-refractivity contribution in [3.63, 3.8) is 0 Å². The van der Waals surface area contributed by atoms with Crippen LogP contribution in [0.1, 0.15) is 29.6 Å². The second-order valence-electron chi connectivity index (χ2n) is 8.73. The molecule has 0 spiro atoms. The van der Waals surface area contributed by atoms with E-state index < -0.39 is 0 Å². The Bertz CT molecular complexity index is 1360. The average molecular weight is 456 g/mol. The standard InChI is InChI=1S/C26H29N7O/c1-5-33-22-8-6-7-21(25-18(2)15-28-31(25)4)24(22)29-23(33)12-10-19-9-11-20(27-16-19)17-32-14-13-30(3)26(32)34/h6-12,15-16H,5,13-14,17H2,1-4H3/b12-10+. The highest BCUT2D eigenvalue weighted by molar-refractivity contribution is 5.93. The number of fused-ring (bicyclic) bond motifs is 1. The van der Waals surface area contributed by atoms with Crippen molar-refractivity contribution in [1.82, 2.24) is 34.1 Å². The summed E-state index contributed by atoms with van der Waals surface area (Å²) in [5, 5.41) is 4.41. The summed E-state index contributed by atoms with van der Waals surface area (Å²) < 4.78 is 4.13. The number of benzene rings is 1. The lowest BCUT2D eigenvalue weighted by Crippen LogP contribution is -2.29. The smallest absolute Gasteiger partial charge is 0.320 e. The third-order valence-corrected chi connectivity index (χ3v) is 6.43. The van der Waals surface area contributed by atoms with Gasteiger partial charge in [-0.1, -0.05) is 18.2 Å². The molecule has 1 aliphatic heterocycles. The van der Waals surface area contributed by atoms with Gasteiger partial charge in [0.2, 0.25) is 0 Å². The van der Waals surface area contributed by atoms with E-state index in [1.54, 1.807) is 4.90 Å². The van der Waals surface area contributed by atoms with Gasteiger partial charge in [-0.3, -0.25) is 9.67 Å². The minimum absolute atomic E-state index is 0.0601. The largest absolute Gasteiger partial charge is 0.326 e. The maximum Gasteiger partial charge on any atom is 0.320 e. The Labute approximate surface area is 199 Å². The fraction of sp³-hybridized carbons (Fsp3) is 0.308. The zero-order valence-electron chi connectivity index (χ0n) is 20.1. The van der Waals surface area contributed by atoms with Crippen LogP contribution in [0.25, 0.3) is 34.4 Å². The number of carbonyl (C=O) groups is 1. The zero-order valence-corrected chi connectivity index (χ0v) is 20.1. The molecule has 34 heavy (non-hydrogen) atoms. The molecule has 1 saturated heterocycles. The van der Waals surface area contributed by atoms with Crippen molar-refractivity contribution < 1.29 is 4.79 Å². The van der Waals surface area contributed by atoms with Crippen LogP contribution in [0.15, 0.2) is 42.7 Å². The molecule has 1 aromatic carbocycles. The number of hydrogen-bond acceptors (Lipinski definition) is 4. The van der Waals surface area contributed by atoms with Gasteiger partial charge < -0.3 is 14.4 Å². The van der Waals surface area contributed by atoms with E-state index in [1.807, 2.05) is 60.4 Å². The van der Waals surface area contributed by atoms with Crippen molar-refractivity contribution in [1.29, 1.82) is 0 Å². The molecule has 0 bridgehead atoms. The molecule has 0 radical (unpaired) electrons. The fourth-order valence-electron chi connectivity index (χ4n) is 4.59. The number of pyridine rings is 1. The lowest BCUT2D eigenvalue weighted by Gasteiger charge is -2.15. The molecule has 2 amide bonds. The second kappa shape index (κ2) is 8.78. The maximum atomic E-state index is 12.1. The van der Waals surface area contributed by atoms with Crippen LogP contribution in [-0.4, -0.2) is 60.3 Å². The molecule has 0 unspecified atom stereocenters. The molecule has 5 rings (SSSR count). The first-order chi connectivity index (χ1) is 16.5. The Morgan fingerprint density at radius 2 is 1.91 bits per heavy atom. The van der Waals surface area contributed by atoms with Gasteiger partial charge in [0.25, 0.3) is 0 Å². The fourth-order valence-corrected chi connectivity index (χ4v) is 4.59. The van der Waals surface area contributed by atoms with Gasteiger partial charge in [-0.05, 0) is 49.3 Å². The summed E-state index contributed by atoms with van der Waals surface area (Å²) in [6.07, 6.45) is 7.81. The molecule has 3 aromatic heterocycles. The van der Waals surface area contributed by atoms with Crippen LogP contribution >= 0.6 is 0 Å². The Morgan fingerprint density at radius 3 is 2.56 bits per heavy atom. The molecule has 0 aliphatic carbocycles. The summed E-state index contributed by atoms with van der Waals surface area (Å²) in [6, 6.07) is 10.4. The number of likely N-dealkylation sites (N-methyl/N-ethyl adjacent to an activating group) is 1. The first-order valence-corrected chi connectivity index (χ1v) is 11.6. The monoisotopic (exact) mass is 455 g/mol. The lowest BCUT2D eigenvalue weighted by molar-refractivity contribution is 0.196. The normalized spacial score (nSPS) is 14.3. The van der Waals surface area contributed by atoms with E-state index in [0.717, 1.165) is 64.6 Å². The van der Waals surface area contributed by atoms with E-state index in [-0.39, 0.29) is 6.03 Å².